The molecule has 0 radical (unpaired) electrons. The quantitative estimate of drug-likeness (QED) is 0.325. The zero-order chi connectivity index (χ0) is 12.5. The molecule has 5 nitrogen and oxygen atoms in total. The van der Waals surface area contributed by atoms with Crippen LogP contribution in [0.15, 0.2) is 29.4 Å². The Kier molecular flexibility index (Phi) is 6.06. The van der Waals surface area contributed by atoms with Crippen LogP contribution in [0.2, 0.25) is 0 Å². The van der Waals surface area contributed by atoms with Gasteiger partial charge in [0.05, 0.1) is 25.5 Å². The van der Waals surface area contributed by atoms with Gasteiger partial charge in [0, 0.05) is 5.56 Å². The molecule has 1 rings (SSSR count). The van der Waals surface area contributed by atoms with Crippen LogP contribution in [0.1, 0.15) is 12.5 Å². The maximum absolute atomic E-state index is 8.73. The summed E-state index contributed by atoms with van der Waals surface area (Å²) in [7, 11) is 0. The molecular weight excluding hydrogens is 222 g/mol. The maximum Gasteiger partial charge on any atom is 0.128 e. The van der Waals surface area contributed by atoms with Gasteiger partial charge in [0.2, 0.25) is 0 Å². The highest BCUT2D eigenvalue weighted by atomic mass is 16.5. The van der Waals surface area contributed by atoms with Gasteiger partial charge >= 0.3 is 0 Å². The number of ether oxygens (including phenoxy) is 2. The number of benzene rings is 1. The zero-order valence-electron chi connectivity index (χ0n) is 9.80. The van der Waals surface area contributed by atoms with E-state index in [0.717, 1.165) is 5.56 Å². The van der Waals surface area contributed by atoms with E-state index in [4.69, 9.17) is 19.8 Å². The fraction of sp³-hybridized carbons (Fsp3) is 0.417. The number of aliphatic hydroxyl groups is 1. The highest BCUT2D eigenvalue weighted by Crippen LogP contribution is 2.18. The topological polar surface area (TPSA) is 71.3 Å². The molecule has 0 saturated carbocycles. The highest BCUT2D eigenvalue weighted by molar-refractivity contribution is 6.00. The molecule has 0 unspecified atom stereocenters. The monoisotopic (exact) mass is 239 g/mol. The summed E-state index contributed by atoms with van der Waals surface area (Å²) < 4.78 is 10.6. The summed E-state index contributed by atoms with van der Waals surface area (Å²) in [5.41, 5.74) is 1.24. The number of nitrogens with zero attached hydrogens (tertiary/aromatic N) is 1. The van der Waals surface area contributed by atoms with Crippen molar-refractivity contribution in [3.8, 4) is 5.75 Å². The SMILES string of the molecule is C/C(=N/O)c1ccccc1OCCOCCO. The van der Waals surface area contributed by atoms with Gasteiger partial charge < -0.3 is 19.8 Å². The Hall–Kier alpha value is -1.59. The first-order chi connectivity index (χ1) is 8.29. The number of para-hydroxylation sites is 1. The van der Waals surface area contributed by atoms with Crippen molar-refractivity contribution in [2.45, 2.75) is 6.92 Å². The van der Waals surface area contributed by atoms with Crippen LogP contribution in [-0.2, 0) is 4.74 Å². The Labute approximate surface area is 100 Å². The molecule has 0 bridgehead atoms. The van der Waals surface area contributed by atoms with Gasteiger partial charge in [-0.25, -0.2) is 0 Å². The number of oxime groups is 1. The molecule has 5 heteroatoms. The summed E-state index contributed by atoms with van der Waals surface area (Å²) >= 11 is 0. The van der Waals surface area contributed by atoms with E-state index < -0.39 is 0 Å². The Morgan fingerprint density at radius 1 is 1.24 bits per heavy atom. The van der Waals surface area contributed by atoms with E-state index in [2.05, 4.69) is 5.16 Å². The van der Waals surface area contributed by atoms with E-state index in [1.165, 1.54) is 0 Å². The van der Waals surface area contributed by atoms with E-state index in [1.807, 2.05) is 18.2 Å². The summed E-state index contributed by atoms with van der Waals surface area (Å²) in [6, 6.07) is 7.31. The third kappa shape index (κ3) is 4.42. The van der Waals surface area contributed by atoms with Gasteiger partial charge in [0.15, 0.2) is 0 Å². The van der Waals surface area contributed by atoms with E-state index in [-0.39, 0.29) is 6.61 Å². The number of aliphatic hydroxyl groups excluding tert-OH is 1. The van der Waals surface area contributed by atoms with Crippen molar-refractivity contribution in [3.05, 3.63) is 29.8 Å². The van der Waals surface area contributed by atoms with Crippen molar-refractivity contribution in [1.29, 1.82) is 0 Å². The first kappa shape index (κ1) is 13.5. The zero-order valence-corrected chi connectivity index (χ0v) is 9.80. The molecule has 0 atom stereocenters. The van der Waals surface area contributed by atoms with E-state index in [1.54, 1.807) is 13.0 Å². The van der Waals surface area contributed by atoms with Crippen LogP contribution in [0, 0.1) is 0 Å². The lowest BCUT2D eigenvalue weighted by Gasteiger charge is -2.10. The minimum Gasteiger partial charge on any atom is -0.490 e. The predicted molar refractivity (Wildman–Crippen MR) is 63.8 cm³/mol. The molecule has 1 aromatic rings. The fourth-order valence-corrected chi connectivity index (χ4v) is 1.32. The van der Waals surface area contributed by atoms with E-state index >= 15 is 0 Å². The molecule has 1 aromatic carbocycles. The summed E-state index contributed by atoms with van der Waals surface area (Å²) in [5.74, 6) is 0.649. The highest BCUT2D eigenvalue weighted by Gasteiger charge is 2.05. The lowest BCUT2D eigenvalue weighted by Crippen LogP contribution is -2.10. The largest absolute Gasteiger partial charge is 0.490 e. The normalized spacial score (nSPS) is 11.5. The molecule has 0 heterocycles. The Morgan fingerprint density at radius 3 is 2.71 bits per heavy atom. The van der Waals surface area contributed by atoms with Gasteiger partial charge in [-0.05, 0) is 19.1 Å². The smallest absolute Gasteiger partial charge is 0.128 e. The van der Waals surface area contributed by atoms with Crippen LogP contribution in [0.4, 0.5) is 0 Å². The van der Waals surface area contributed by atoms with Gasteiger partial charge in [0.25, 0.3) is 0 Å². The fourth-order valence-electron chi connectivity index (χ4n) is 1.32. The van der Waals surface area contributed by atoms with Gasteiger partial charge in [-0.15, -0.1) is 0 Å². The van der Waals surface area contributed by atoms with Gasteiger partial charge in [-0.1, -0.05) is 17.3 Å². The minimum atomic E-state index is 0.00681. The van der Waals surface area contributed by atoms with E-state index in [0.29, 0.717) is 31.3 Å². The third-order valence-electron chi connectivity index (χ3n) is 2.15. The number of hydrogen-bond donors (Lipinski definition) is 2. The van der Waals surface area contributed by atoms with Gasteiger partial charge in [-0.2, -0.15) is 0 Å². The lowest BCUT2D eigenvalue weighted by atomic mass is 10.1. The Morgan fingerprint density at radius 2 is 2.00 bits per heavy atom. The van der Waals surface area contributed by atoms with Gasteiger partial charge in [-0.3, -0.25) is 0 Å². The van der Waals surface area contributed by atoms with Crippen LogP contribution in [0.3, 0.4) is 0 Å². The van der Waals surface area contributed by atoms with Crippen molar-refractivity contribution in [2.75, 3.05) is 26.4 Å². The molecule has 0 aliphatic carbocycles. The molecule has 0 aliphatic rings. The average Bonchev–Trinajstić information content (AvgIpc) is 2.38. The van der Waals surface area contributed by atoms with Crippen LogP contribution in [0.25, 0.3) is 0 Å². The van der Waals surface area contributed by atoms with Crippen LogP contribution in [0.5, 0.6) is 5.75 Å². The Bertz CT molecular complexity index is 365. The molecule has 0 amide bonds. The molecule has 17 heavy (non-hydrogen) atoms. The second-order valence-electron chi connectivity index (χ2n) is 3.37. The van der Waals surface area contributed by atoms with Crippen molar-refractivity contribution < 1.29 is 19.8 Å². The molecule has 0 saturated heterocycles. The van der Waals surface area contributed by atoms with Crippen LogP contribution in [-0.4, -0.2) is 42.5 Å². The summed E-state index contributed by atoms with van der Waals surface area (Å²) in [6.45, 7) is 2.80. The molecule has 0 aliphatic heterocycles. The molecule has 2 N–H and O–H groups in total. The van der Waals surface area contributed by atoms with Crippen LogP contribution < -0.4 is 4.74 Å². The summed E-state index contributed by atoms with van der Waals surface area (Å²) in [6.07, 6.45) is 0. The van der Waals surface area contributed by atoms with E-state index in [9.17, 15) is 0 Å². The second-order valence-corrected chi connectivity index (χ2v) is 3.37. The molecule has 94 valence electrons. The first-order valence-corrected chi connectivity index (χ1v) is 5.39. The number of rotatable bonds is 7. The molecular formula is C12H17NO4. The predicted octanol–water partition coefficient (Wildman–Crippen LogP) is 1.27. The average molecular weight is 239 g/mol. The number of hydrogen-bond acceptors (Lipinski definition) is 5. The van der Waals surface area contributed by atoms with Crippen molar-refractivity contribution >= 4 is 5.71 Å². The lowest BCUT2D eigenvalue weighted by molar-refractivity contribution is 0.0705. The van der Waals surface area contributed by atoms with Crippen molar-refractivity contribution in [2.24, 2.45) is 5.16 Å². The molecule has 0 aromatic heterocycles. The minimum absolute atomic E-state index is 0.00681. The van der Waals surface area contributed by atoms with Gasteiger partial charge in [0.1, 0.15) is 12.4 Å². The third-order valence-corrected chi connectivity index (χ3v) is 2.15. The standard InChI is InChI=1S/C12H17NO4/c1-10(13-15)11-4-2-3-5-12(11)17-9-8-16-7-6-14/h2-5,14-15H,6-9H2,1H3/b13-10-. The van der Waals surface area contributed by atoms with Crippen molar-refractivity contribution in [1.82, 2.24) is 0 Å². The van der Waals surface area contributed by atoms with Crippen molar-refractivity contribution in [3.63, 3.8) is 0 Å². The molecule has 0 spiro atoms. The maximum atomic E-state index is 8.73. The molecule has 0 fully saturated rings. The first-order valence-electron chi connectivity index (χ1n) is 5.39. The second kappa shape index (κ2) is 7.65. The van der Waals surface area contributed by atoms with Crippen LogP contribution >= 0.6 is 0 Å². The Balaban J connectivity index is 2.53. The summed E-state index contributed by atoms with van der Waals surface area (Å²) in [5, 5.41) is 20.4. The summed E-state index contributed by atoms with van der Waals surface area (Å²) in [4.78, 5) is 0.